The molecule has 0 saturated heterocycles. The number of hydrogen-bond donors (Lipinski definition) is 2. The zero-order chi connectivity index (χ0) is 13.7. The third kappa shape index (κ3) is 3.26. The van der Waals surface area contributed by atoms with Gasteiger partial charge in [-0.3, -0.25) is 4.98 Å². The molecule has 0 saturated carbocycles. The fourth-order valence-corrected chi connectivity index (χ4v) is 1.74. The number of halogens is 2. The molecule has 0 spiro atoms. The van der Waals surface area contributed by atoms with Crippen molar-refractivity contribution in [1.82, 2.24) is 15.3 Å². The van der Waals surface area contributed by atoms with Gasteiger partial charge in [-0.2, -0.15) is 0 Å². The molecular weight excluding hydrogens is 267 g/mol. The van der Waals surface area contributed by atoms with Crippen molar-refractivity contribution in [2.45, 2.75) is 0 Å². The van der Waals surface area contributed by atoms with Crippen molar-refractivity contribution < 1.29 is 4.39 Å². The minimum Gasteiger partial charge on any atom is -0.388 e. The number of fused-ring (bicyclic) bond motifs is 1. The molecule has 2 aromatic heterocycles. The Bertz CT molecular complexity index is 627. The second-order valence-corrected chi connectivity index (χ2v) is 4.17. The van der Waals surface area contributed by atoms with Crippen LogP contribution in [-0.4, -0.2) is 29.4 Å². The van der Waals surface area contributed by atoms with E-state index in [9.17, 15) is 4.39 Å². The predicted octanol–water partition coefficient (Wildman–Crippen LogP) is 2.83. The summed E-state index contributed by atoms with van der Waals surface area (Å²) >= 11 is 5.83. The number of aromatic nitrogens is 2. The Morgan fingerprint density at radius 1 is 1.42 bits per heavy atom. The van der Waals surface area contributed by atoms with Crippen LogP contribution in [0.15, 0.2) is 30.6 Å². The predicted molar refractivity (Wildman–Crippen MR) is 75.3 cm³/mol. The largest absolute Gasteiger partial charge is 0.388 e. The van der Waals surface area contributed by atoms with Crippen molar-refractivity contribution in [1.29, 1.82) is 5.41 Å². The van der Waals surface area contributed by atoms with Crippen molar-refractivity contribution in [3.05, 3.63) is 41.3 Å². The summed E-state index contributed by atoms with van der Waals surface area (Å²) < 4.78 is 12.0. The first-order valence-electron chi connectivity index (χ1n) is 5.67. The van der Waals surface area contributed by atoms with Gasteiger partial charge in [-0.15, -0.1) is 0 Å². The van der Waals surface area contributed by atoms with Gasteiger partial charge in [-0.1, -0.05) is 11.6 Å². The van der Waals surface area contributed by atoms with Crippen molar-refractivity contribution in [2.75, 3.05) is 13.2 Å². The lowest BCUT2D eigenvalue weighted by Gasteiger charge is -2.04. The van der Waals surface area contributed by atoms with Gasteiger partial charge in [0.2, 0.25) is 0 Å². The van der Waals surface area contributed by atoms with Crippen LogP contribution in [0.25, 0.3) is 16.6 Å². The molecule has 2 aromatic rings. The number of hydrogen-bond acceptors (Lipinski definition) is 4. The van der Waals surface area contributed by atoms with Crippen molar-refractivity contribution in [3.8, 4) is 0 Å². The number of nitrogens with one attached hydrogen (secondary N) is 2. The maximum atomic E-state index is 12.0. The molecule has 0 fully saturated rings. The smallest absolute Gasteiger partial charge is 0.129 e. The highest BCUT2D eigenvalue weighted by Gasteiger charge is 2.03. The fourth-order valence-electron chi connectivity index (χ4n) is 1.58. The first kappa shape index (κ1) is 13.4. The van der Waals surface area contributed by atoms with E-state index in [0.717, 1.165) is 11.1 Å². The SMILES string of the molecule is N=C/C(=C\NCCF)c1cnc2ccc(Cl)nc2c1. The van der Waals surface area contributed by atoms with Gasteiger partial charge in [0.25, 0.3) is 0 Å². The normalized spacial score (nSPS) is 11.6. The third-order valence-corrected chi connectivity index (χ3v) is 2.70. The van der Waals surface area contributed by atoms with E-state index in [2.05, 4.69) is 15.3 Å². The molecule has 0 aromatic carbocycles. The molecule has 0 radical (unpaired) electrons. The quantitative estimate of drug-likeness (QED) is 0.502. The molecular formula is C13H12ClFN4. The molecule has 2 heterocycles. The lowest BCUT2D eigenvalue weighted by Crippen LogP contribution is -2.09. The Hall–Kier alpha value is -2.01. The highest BCUT2D eigenvalue weighted by molar-refractivity contribution is 6.29. The van der Waals surface area contributed by atoms with Crippen LogP contribution in [0.4, 0.5) is 4.39 Å². The zero-order valence-corrected chi connectivity index (χ0v) is 10.8. The molecule has 98 valence electrons. The number of allylic oxidation sites excluding steroid dienone is 1. The van der Waals surface area contributed by atoms with Gasteiger partial charge in [0.05, 0.1) is 11.0 Å². The molecule has 4 nitrogen and oxygen atoms in total. The lowest BCUT2D eigenvalue weighted by atomic mass is 10.1. The maximum absolute atomic E-state index is 12.0. The standard InChI is InChI=1S/C13H12ClFN4/c14-13-2-1-11-12(19-13)5-9(8-18-11)10(6-16)7-17-4-3-15/h1-2,5-8,16-17H,3-4H2/b10-7+,16-6?. The van der Waals surface area contributed by atoms with E-state index >= 15 is 0 Å². The van der Waals surface area contributed by atoms with Gasteiger partial charge in [-0.05, 0) is 18.2 Å². The summed E-state index contributed by atoms with van der Waals surface area (Å²) in [6.45, 7) is -0.253. The summed E-state index contributed by atoms with van der Waals surface area (Å²) in [5, 5.41) is 10.6. The highest BCUT2D eigenvalue weighted by atomic mass is 35.5. The third-order valence-electron chi connectivity index (χ3n) is 2.49. The summed E-state index contributed by atoms with van der Waals surface area (Å²) in [7, 11) is 0. The van der Waals surface area contributed by atoms with Crippen LogP contribution < -0.4 is 5.32 Å². The molecule has 19 heavy (non-hydrogen) atoms. The van der Waals surface area contributed by atoms with E-state index in [1.165, 1.54) is 6.21 Å². The van der Waals surface area contributed by atoms with E-state index in [0.29, 0.717) is 16.2 Å². The van der Waals surface area contributed by atoms with Crippen LogP contribution >= 0.6 is 11.6 Å². The monoisotopic (exact) mass is 278 g/mol. The van der Waals surface area contributed by atoms with Crippen molar-refractivity contribution >= 4 is 34.4 Å². The summed E-state index contributed by atoms with van der Waals surface area (Å²) in [6.07, 6.45) is 4.41. The van der Waals surface area contributed by atoms with E-state index < -0.39 is 6.67 Å². The summed E-state index contributed by atoms with van der Waals surface area (Å²) in [5.41, 5.74) is 2.71. The zero-order valence-electron chi connectivity index (χ0n) is 10.0. The summed E-state index contributed by atoms with van der Waals surface area (Å²) in [4.78, 5) is 8.42. The average molecular weight is 279 g/mol. The van der Waals surface area contributed by atoms with Crippen molar-refractivity contribution in [2.24, 2.45) is 0 Å². The molecule has 0 aliphatic rings. The van der Waals surface area contributed by atoms with Crippen LogP contribution in [0, 0.1) is 5.41 Å². The molecule has 2 N–H and O–H groups in total. The average Bonchev–Trinajstić information content (AvgIpc) is 2.43. The molecule has 0 bridgehead atoms. The second-order valence-electron chi connectivity index (χ2n) is 3.78. The van der Waals surface area contributed by atoms with Crippen LogP contribution in [0.1, 0.15) is 5.56 Å². The first-order valence-corrected chi connectivity index (χ1v) is 6.05. The van der Waals surface area contributed by atoms with Crippen LogP contribution in [0.5, 0.6) is 0 Å². The topological polar surface area (TPSA) is 61.7 Å². The molecule has 0 unspecified atom stereocenters. The minimum absolute atomic E-state index is 0.211. The fraction of sp³-hybridized carbons (Fsp3) is 0.154. The Balaban J connectivity index is 2.37. The van der Waals surface area contributed by atoms with Gasteiger partial charge >= 0.3 is 0 Å². The van der Waals surface area contributed by atoms with Crippen molar-refractivity contribution in [3.63, 3.8) is 0 Å². The molecule has 0 atom stereocenters. The van der Waals surface area contributed by atoms with E-state index in [4.69, 9.17) is 17.0 Å². The van der Waals surface area contributed by atoms with Crippen LogP contribution in [0.3, 0.4) is 0 Å². The Morgan fingerprint density at radius 2 is 2.26 bits per heavy atom. The van der Waals surface area contributed by atoms with E-state index in [1.54, 1.807) is 30.6 Å². The number of rotatable bonds is 5. The Morgan fingerprint density at radius 3 is 3.00 bits per heavy atom. The second kappa shape index (κ2) is 6.24. The summed E-state index contributed by atoms with van der Waals surface area (Å²) in [6, 6.07) is 5.25. The molecule has 2 rings (SSSR count). The van der Waals surface area contributed by atoms with Gasteiger partial charge in [-0.25, -0.2) is 9.37 Å². The molecule has 0 aliphatic carbocycles. The lowest BCUT2D eigenvalue weighted by molar-refractivity contribution is 0.487. The number of alkyl halides is 1. The van der Waals surface area contributed by atoms with E-state index in [-0.39, 0.29) is 6.54 Å². The molecule has 0 amide bonds. The van der Waals surface area contributed by atoms with E-state index in [1.807, 2.05) is 0 Å². The number of pyridine rings is 2. The van der Waals surface area contributed by atoms with Gasteiger partial charge in [0.1, 0.15) is 11.8 Å². The Labute approximate surface area is 114 Å². The molecule has 0 aliphatic heterocycles. The Kier molecular flexibility index (Phi) is 4.41. The van der Waals surface area contributed by atoms with Gasteiger partial charge in [0.15, 0.2) is 0 Å². The van der Waals surface area contributed by atoms with Crippen LogP contribution in [0.2, 0.25) is 5.15 Å². The van der Waals surface area contributed by atoms with Gasteiger partial charge < -0.3 is 10.7 Å². The minimum atomic E-state index is -0.463. The molecule has 6 heteroatoms. The first-order chi connectivity index (χ1) is 9.24. The maximum Gasteiger partial charge on any atom is 0.129 e. The highest BCUT2D eigenvalue weighted by Crippen LogP contribution is 2.18. The number of nitrogens with zero attached hydrogens (tertiary/aromatic N) is 2. The van der Waals surface area contributed by atoms with Gasteiger partial charge in [0, 0.05) is 36.3 Å². The summed E-state index contributed by atoms with van der Waals surface area (Å²) in [5.74, 6) is 0. The van der Waals surface area contributed by atoms with Crippen LogP contribution in [-0.2, 0) is 0 Å².